The Labute approximate surface area is 98.8 Å². The summed E-state index contributed by atoms with van der Waals surface area (Å²) in [5, 5.41) is 0. The molecule has 1 aliphatic rings. The molecule has 0 aliphatic heterocycles. The summed E-state index contributed by atoms with van der Waals surface area (Å²) in [5.41, 5.74) is 0.908. The molecule has 0 saturated carbocycles. The van der Waals surface area contributed by atoms with Gasteiger partial charge in [0.1, 0.15) is 0 Å². The molecule has 0 spiro atoms. The van der Waals surface area contributed by atoms with Crippen LogP contribution in [0.15, 0.2) is 34.3 Å². The number of carbonyl (C=O) groups excluding carboxylic acids is 4. The Balaban J connectivity index is 3.64. The Morgan fingerprint density at radius 2 is 1.88 bits per heavy atom. The van der Waals surface area contributed by atoms with E-state index < -0.39 is 11.5 Å². The van der Waals surface area contributed by atoms with E-state index in [0.717, 1.165) is 6.08 Å². The van der Waals surface area contributed by atoms with Gasteiger partial charge in [-0.15, -0.1) is 0 Å². The molecule has 88 valence electrons. The summed E-state index contributed by atoms with van der Waals surface area (Å²) in [4.78, 5) is 48.3. The van der Waals surface area contributed by atoms with Crippen molar-refractivity contribution in [2.75, 3.05) is 0 Å². The zero-order chi connectivity index (χ0) is 13.1. The maximum absolute atomic E-state index is 11.5. The van der Waals surface area contributed by atoms with E-state index in [2.05, 4.69) is 6.58 Å². The van der Waals surface area contributed by atoms with Gasteiger partial charge < -0.3 is 0 Å². The zero-order valence-corrected chi connectivity index (χ0v) is 10.3. The molecule has 0 saturated heterocycles. The molecule has 0 aromatic rings. The van der Waals surface area contributed by atoms with Crippen LogP contribution in [-0.2, 0) is 30.7 Å². The first-order chi connectivity index (χ1) is 8.06. The fraction of sp³-hybridized carbons (Fsp3) is 0.167. The van der Waals surface area contributed by atoms with E-state index in [-0.39, 0.29) is 16.7 Å². The van der Waals surface area contributed by atoms with Crippen LogP contribution in [0.25, 0.3) is 0 Å². The average Bonchev–Trinajstić information content (AvgIpc) is 2.74. The van der Waals surface area contributed by atoms with Gasteiger partial charge in [0.25, 0.3) is 0 Å². The number of ketones is 1. The molecule has 0 N–H and O–H groups in total. The monoisotopic (exact) mass is 272 g/mol. The Morgan fingerprint density at radius 3 is 2.29 bits per heavy atom. The SMILES string of the molecule is C=CC(=O)C1=C(C)[C]([Mn](=[C]=O)(=[C]=O)=[C]=O)=CC1. The standard InChI is InChI=1S/C9H9O.3CO.Mn/c1-3-9(10)8-6-4-5-7(8)2;3*1-2;/h3-4H,1,6H2,2H3;;;;. The van der Waals surface area contributed by atoms with Gasteiger partial charge in [0.2, 0.25) is 0 Å². The Kier molecular flexibility index (Phi) is 3.88. The Bertz CT molecular complexity index is 670. The van der Waals surface area contributed by atoms with E-state index in [0.29, 0.717) is 11.1 Å². The molecule has 0 fully saturated rings. The molecule has 0 unspecified atom stereocenters. The van der Waals surface area contributed by atoms with E-state index in [1.165, 1.54) is 20.4 Å². The fourth-order valence-corrected chi connectivity index (χ4v) is 3.41. The molecule has 0 heterocycles. The first-order valence-corrected chi connectivity index (χ1v) is 6.93. The minimum absolute atomic E-state index is 0.268. The van der Waals surface area contributed by atoms with Crippen LogP contribution in [0.3, 0.4) is 0 Å². The van der Waals surface area contributed by atoms with Gasteiger partial charge in [0, 0.05) is 0 Å². The van der Waals surface area contributed by atoms with Gasteiger partial charge in [-0.25, -0.2) is 0 Å². The number of allylic oxidation sites excluding steroid dienone is 5. The predicted molar refractivity (Wildman–Crippen MR) is 57.7 cm³/mol. The van der Waals surface area contributed by atoms with E-state index in [4.69, 9.17) is 0 Å². The van der Waals surface area contributed by atoms with Crippen LogP contribution in [0.4, 0.5) is 0 Å². The van der Waals surface area contributed by atoms with E-state index >= 15 is 0 Å². The van der Waals surface area contributed by atoms with Crippen molar-refractivity contribution >= 4 is 20.1 Å². The third-order valence-corrected chi connectivity index (χ3v) is 5.15. The van der Waals surface area contributed by atoms with Crippen molar-refractivity contribution in [3.05, 3.63) is 34.3 Å². The number of rotatable bonds is 3. The fourth-order valence-electron chi connectivity index (χ4n) is 1.55. The Morgan fingerprint density at radius 1 is 1.35 bits per heavy atom. The van der Waals surface area contributed by atoms with Crippen LogP contribution < -0.4 is 0 Å². The summed E-state index contributed by atoms with van der Waals surface area (Å²) in [6.45, 7) is 4.95. The van der Waals surface area contributed by atoms with E-state index in [1.807, 2.05) is 0 Å². The summed E-state index contributed by atoms with van der Waals surface area (Å²) in [7, 11) is 0. The quantitative estimate of drug-likeness (QED) is 0.560. The van der Waals surface area contributed by atoms with E-state index in [9.17, 15) is 19.2 Å². The van der Waals surface area contributed by atoms with Gasteiger partial charge in [-0.3, -0.25) is 0 Å². The second-order valence-corrected chi connectivity index (χ2v) is 6.36. The van der Waals surface area contributed by atoms with Crippen LogP contribution in [-0.4, -0.2) is 20.1 Å². The van der Waals surface area contributed by atoms with Crippen molar-refractivity contribution in [1.29, 1.82) is 0 Å². The minimum atomic E-state index is -3.77. The first-order valence-electron chi connectivity index (χ1n) is 4.57. The van der Waals surface area contributed by atoms with E-state index in [1.54, 1.807) is 6.92 Å². The van der Waals surface area contributed by atoms with Gasteiger partial charge in [-0.2, -0.15) is 0 Å². The summed E-state index contributed by atoms with van der Waals surface area (Å²) in [6, 6.07) is 0. The summed E-state index contributed by atoms with van der Waals surface area (Å²) in [6.07, 6.45) is 2.96. The summed E-state index contributed by atoms with van der Waals surface area (Å²) < 4.78 is 0.268. The maximum atomic E-state index is 11.5. The molecule has 0 bridgehead atoms. The molecule has 1 aliphatic carbocycles. The van der Waals surface area contributed by atoms with Crippen LogP contribution in [0.5, 0.6) is 0 Å². The van der Waals surface area contributed by atoms with Crippen LogP contribution in [0.2, 0.25) is 0 Å². The summed E-state index contributed by atoms with van der Waals surface area (Å²) >= 11 is -3.77. The van der Waals surface area contributed by atoms with Gasteiger partial charge in [-0.05, 0) is 0 Å². The molecular formula is C12H9MnO4. The summed E-state index contributed by atoms with van der Waals surface area (Å²) in [5.74, 6) is -0.278. The molecule has 0 aromatic carbocycles. The number of hydrogen-bond donors (Lipinski definition) is 0. The van der Waals surface area contributed by atoms with Gasteiger partial charge in [-0.1, -0.05) is 0 Å². The van der Waals surface area contributed by atoms with Crippen LogP contribution in [0, 0.1) is 0 Å². The molecular weight excluding hydrogens is 263 g/mol. The molecule has 17 heavy (non-hydrogen) atoms. The van der Waals surface area contributed by atoms with Crippen molar-refractivity contribution < 1.29 is 30.7 Å². The van der Waals surface area contributed by atoms with Crippen molar-refractivity contribution in [3.63, 3.8) is 0 Å². The molecule has 0 radical (unpaired) electrons. The number of carbonyl (C=O) groups is 1. The molecule has 5 heteroatoms. The normalized spacial score (nSPS) is 14.5. The van der Waals surface area contributed by atoms with Gasteiger partial charge >= 0.3 is 98.5 Å². The second-order valence-electron chi connectivity index (χ2n) is 3.23. The number of hydrogen-bond acceptors (Lipinski definition) is 4. The molecule has 0 amide bonds. The van der Waals surface area contributed by atoms with Crippen molar-refractivity contribution in [2.45, 2.75) is 13.3 Å². The third-order valence-electron chi connectivity index (χ3n) is 2.43. The molecule has 1 rings (SSSR count). The molecule has 0 atom stereocenters. The van der Waals surface area contributed by atoms with Crippen molar-refractivity contribution in [2.24, 2.45) is 0 Å². The average molecular weight is 272 g/mol. The Hall–Kier alpha value is -1.85. The van der Waals surface area contributed by atoms with Crippen molar-refractivity contribution in [1.82, 2.24) is 0 Å². The van der Waals surface area contributed by atoms with Crippen LogP contribution in [0.1, 0.15) is 13.3 Å². The molecule has 4 nitrogen and oxygen atoms in total. The first kappa shape index (κ1) is 13.2. The van der Waals surface area contributed by atoms with Gasteiger partial charge in [0.05, 0.1) is 0 Å². The zero-order valence-electron chi connectivity index (χ0n) is 9.08. The predicted octanol–water partition coefficient (Wildman–Crippen LogP) is 0.701. The molecule has 0 aromatic heterocycles. The van der Waals surface area contributed by atoms with Gasteiger partial charge in [0.15, 0.2) is 0 Å². The van der Waals surface area contributed by atoms with Crippen molar-refractivity contribution in [3.8, 4) is 0 Å². The topological polar surface area (TPSA) is 68.3 Å². The third kappa shape index (κ3) is 2.02. The van der Waals surface area contributed by atoms with Crippen LogP contribution >= 0.6 is 0 Å². The second kappa shape index (κ2) is 4.99.